The second-order valence-corrected chi connectivity index (χ2v) is 8.07. The molecule has 0 spiro atoms. The van der Waals surface area contributed by atoms with Crippen LogP contribution in [0.5, 0.6) is 11.5 Å². The topological polar surface area (TPSA) is 85.4 Å². The Morgan fingerprint density at radius 3 is 2.66 bits per heavy atom. The summed E-state index contributed by atoms with van der Waals surface area (Å²) in [4.78, 5) is 40.3. The van der Waals surface area contributed by atoms with E-state index in [0.717, 1.165) is 16.7 Å². The Labute approximate surface area is 181 Å². The number of hydrogen-bond donors (Lipinski definition) is 0. The van der Waals surface area contributed by atoms with Gasteiger partial charge in [0.2, 0.25) is 5.91 Å². The van der Waals surface area contributed by atoms with Crippen molar-refractivity contribution in [3.8, 4) is 11.5 Å². The van der Waals surface area contributed by atoms with Crippen LogP contribution in [0.15, 0.2) is 21.5 Å². The summed E-state index contributed by atoms with van der Waals surface area (Å²) in [6.07, 6.45) is 1.61. The van der Waals surface area contributed by atoms with E-state index in [1.54, 1.807) is 30.2 Å². The Hall–Kier alpha value is -2.04. The van der Waals surface area contributed by atoms with Crippen LogP contribution in [-0.4, -0.2) is 73.4 Å². The molecule has 2 saturated heterocycles. The van der Waals surface area contributed by atoms with Gasteiger partial charge in [0, 0.05) is 17.6 Å². The molecule has 0 unspecified atom stereocenters. The summed E-state index contributed by atoms with van der Waals surface area (Å²) in [5.74, 6) is 0.342. The number of amides is 3. The van der Waals surface area contributed by atoms with Gasteiger partial charge in [-0.15, -0.1) is 0 Å². The predicted octanol–water partition coefficient (Wildman–Crippen LogP) is 2.75. The number of morpholine rings is 1. The van der Waals surface area contributed by atoms with Crippen LogP contribution in [0, 0.1) is 0 Å². The minimum Gasteiger partial charge on any atom is -0.493 e. The molecule has 1 aromatic rings. The molecule has 8 nitrogen and oxygen atoms in total. The highest BCUT2D eigenvalue weighted by molar-refractivity contribution is 9.10. The average Bonchev–Trinajstić information content (AvgIpc) is 2.98. The number of imide groups is 1. The van der Waals surface area contributed by atoms with Gasteiger partial charge in [-0.05, 0) is 42.5 Å². The molecular formula is C19H21BrN2O6S. The van der Waals surface area contributed by atoms with Crippen LogP contribution >= 0.6 is 27.7 Å². The van der Waals surface area contributed by atoms with Gasteiger partial charge in [-0.25, -0.2) is 0 Å². The minimum absolute atomic E-state index is 0.248. The van der Waals surface area contributed by atoms with Gasteiger partial charge in [-0.3, -0.25) is 19.3 Å². The van der Waals surface area contributed by atoms with Gasteiger partial charge in [0.25, 0.3) is 11.1 Å². The molecule has 2 fully saturated rings. The van der Waals surface area contributed by atoms with E-state index in [2.05, 4.69) is 15.9 Å². The first-order valence-electron chi connectivity index (χ1n) is 9.05. The van der Waals surface area contributed by atoms with Crippen molar-refractivity contribution in [2.75, 3.05) is 46.6 Å². The van der Waals surface area contributed by atoms with E-state index >= 15 is 0 Å². The van der Waals surface area contributed by atoms with Crippen LogP contribution in [0.4, 0.5) is 4.79 Å². The number of carbonyl (C=O) groups is 3. The summed E-state index contributed by atoms with van der Waals surface area (Å²) >= 11 is 4.26. The lowest BCUT2D eigenvalue weighted by molar-refractivity contribution is -0.139. The molecule has 2 aliphatic heterocycles. The number of carbonyl (C=O) groups excluding carboxylic acids is 3. The van der Waals surface area contributed by atoms with E-state index < -0.39 is 11.1 Å². The largest absolute Gasteiger partial charge is 0.493 e. The molecule has 0 bridgehead atoms. The average molecular weight is 485 g/mol. The van der Waals surface area contributed by atoms with Crippen LogP contribution in [0.3, 0.4) is 0 Å². The van der Waals surface area contributed by atoms with Gasteiger partial charge in [-0.1, -0.05) is 15.9 Å². The Morgan fingerprint density at radius 1 is 1.28 bits per heavy atom. The van der Waals surface area contributed by atoms with E-state index in [-0.39, 0.29) is 17.4 Å². The Morgan fingerprint density at radius 2 is 2.00 bits per heavy atom. The molecule has 2 heterocycles. The van der Waals surface area contributed by atoms with E-state index in [1.165, 1.54) is 0 Å². The standard InChI is InChI=1S/C19H21BrN2O6S/c1-3-28-15-8-12(13(20)10-14(15)26-2)9-16-18(24)22(19(25)29-16)11-17(23)21-4-6-27-7-5-21/h8-10H,3-7,11H2,1-2H3/b16-9+. The van der Waals surface area contributed by atoms with Crippen LogP contribution in [0.1, 0.15) is 12.5 Å². The fourth-order valence-corrected chi connectivity index (χ4v) is 4.18. The fourth-order valence-electron chi connectivity index (χ4n) is 2.91. The molecule has 10 heteroatoms. The van der Waals surface area contributed by atoms with Gasteiger partial charge in [0.1, 0.15) is 6.54 Å². The molecule has 0 atom stereocenters. The molecular weight excluding hydrogens is 464 g/mol. The highest BCUT2D eigenvalue weighted by Crippen LogP contribution is 2.38. The Balaban J connectivity index is 1.79. The normalized spacial score (nSPS) is 18.5. The number of rotatable bonds is 6. The van der Waals surface area contributed by atoms with Crippen molar-refractivity contribution in [2.45, 2.75) is 6.92 Å². The molecule has 2 aliphatic rings. The maximum Gasteiger partial charge on any atom is 0.294 e. The van der Waals surface area contributed by atoms with Crippen molar-refractivity contribution in [1.82, 2.24) is 9.80 Å². The van der Waals surface area contributed by atoms with Crippen molar-refractivity contribution in [3.05, 3.63) is 27.1 Å². The minimum atomic E-state index is -0.484. The number of ether oxygens (including phenoxy) is 3. The molecule has 29 heavy (non-hydrogen) atoms. The Bertz CT molecular complexity index is 853. The molecule has 3 amide bonds. The van der Waals surface area contributed by atoms with E-state index in [4.69, 9.17) is 14.2 Å². The number of benzene rings is 1. The van der Waals surface area contributed by atoms with Gasteiger partial charge in [-0.2, -0.15) is 0 Å². The Kier molecular flexibility index (Phi) is 7.20. The van der Waals surface area contributed by atoms with E-state index in [0.29, 0.717) is 54.4 Å². The van der Waals surface area contributed by atoms with Crippen LogP contribution in [0.2, 0.25) is 0 Å². The molecule has 0 saturated carbocycles. The quantitative estimate of drug-likeness (QED) is 0.573. The third kappa shape index (κ3) is 4.93. The first-order chi connectivity index (χ1) is 13.9. The zero-order valence-electron chi connectivity index (χ0n) is 16.1. The lowest BCUT2D eigenvalue weighted by atomic mass is 10.2. The van der Waals surface area contributed by atoms with Crippen LogP contribution in [0.25, 0.3) is 6.08 Å². The van der Waals surface area contributed by atoms with E-state index in [9.17, 15) is 14.4 Å². The molecule has 0 aromatic heterocycles. The van der Waals surface area contributed by atoms with Crippen molar-refractivity contribution >= 4 is 50.8 Å². The molecule has 156 valence electrons. The molecule has 0 N–H and O–H groups in total. The van der Waals surface area contributed by atoms with Crippen molar-refractivity contribution < 1.29 is 28.6 Å². The molecule has 1 aromatic carbocycles. The first kappa shape index (κ1) is 21.7. The van der Waals surface area contributed by atoms with Crippen molar-refractivity contribution in [3.63, 3.8) is 0 Å². The third-order valence-corrected chi connectivity index (χ3v) is 5.99. The number of halogens is 1. The van der Waals surface area contributed by atoms with Gasteiger partial charge in [0.05, 0.1) is 31.8 Å². The SMILES string of the molecule is CCOc1cc(/C=C2/SC(=O)N(CC(=O)N3CCOCC3)C2=O)c(Br)cc1OC. The van der Waals surface area contributed by atoms with E-state index in [1.807, 2.05) is 6.92 Å². The second kappa shape index (κ2) is 9.64. The molecule has 0 radical (unpaired) electrons. The highest BCUT2D eigenvalue weighted by atomic mass is 79.9. The van der Waals surface area contributed by atoms with Gasteiger partial charge >= 0.3 is 0 Å². The third-order valence-electron chi connectivity index (χ3n) is 4.40. The summed E-state index contributed by atoms with van der Waals surface area (Å²) in [5.41, 5.74) is 0.666. The molecule has 3 rings (SSSR count). The van der Waals surface area contributed by atoms with Crippen LogP contribution < -0.4 is 9.47 Å². The summed E-state index contributed by atoms with van der Waals surface area (Å²) in [7, 11) is 1.54. The summed E-state index contributed by atoms with van der Waals surface area (Å²) in [5, 5.41) is -0.461. The summed E-state index contributed by atoms with van der Waals surface area (Å²) < 4.78 is 16.8. The number of hydrogen-bond acceptors (Lipinski definition) is 7. The zero-order chi connectivity index (χ0) is 21.0. The van der Waals surface area contributed by atoms with Crippen molar-refractivity contribution in [1.29, 1.82) is 0 Å². The number of thioether (sulfide) groups is 1. The first-order valence-corrected chi connectivity index (χ1v) is 10.7. The van der Waals surface area contributed by atoms with Crippen molar-refractivity contribution in [2.24, 2.45) is 0 Å². The molecule has 0 aliphatic carbocycles. The highest BCUT2D eigenvalue weighted by Gasteiger charge is 2.37. The van der Waals surface area contributed by atoms with Gasteiger partial charge < -0.3 is 19.1 Å². The lowest BCUT2D eigenvalue weighted by Crippen LogP contribution is -2.46. The monoisotopic (exact) mass is 484 g/mol. The smallest absolute Gasteiger partial charge is 0.294 e. The number of methoxy groups -OCH3 is 1. The predicted molar refractivity (Wildman–Crippen MR) is 112 cm³/mol. The summed E-state index contributed by atoms with van der Waals surface area (Å²) in [6.45, 7) is 3.89. The second-order valence-electron chi connectivity index (χ2n) is 6.22. The lowest BCUT2D eigenvalue weighted by Gasteiger charge is -2.28. The maximum atomic E-state index is 12.7. The van der Waals surface area contributed by atoms with Gasteiger partial charge in [0.15, 0.2) is 11.5 Å². The fraction of sp³-hybridized carbons (Fsp3) is 0.421. The summed E-state index contributed by atoms with van der Waals surface area (Å²) in [6, 6.07) is 3.47. The van der Waals surface area contributed by atoms with Crippen LogP contribution in [-0.2, 0) is 14.3 Å². The zero-order valence-corrected chi connectivity index (χ0v) is 18.5. The maximum absolute atomic E-state index is 12.7. The number of nitrogens with zero attached hydrogens (tertiary/aromatic N) is 2.